The predicted octanol–water partition coefficient (Wildman–Crippen LogP) is 0.800. The van der Waals surface area contributed by atoms with E-state index < -0.39 is 0 Å². The van der Waals surface area contributed by atoms with Crippen LogP contribution in [0.15, 0.2) is 18.2 Å². The van der Waals surface area contributed by atoms with E-state index >= 15 is 0 Å². The van der Waals surface area contributed by atoms with Crippen molar-refractivity contribution in [2.45, 2.75) is 19.5 Å². The summed E-state index contributed by atoms with van der Waals surface area (Å²) in [6.45, 7) is 6.53. The Morgan fingerprint density at radius 2 is 2.25 bits per heavy atom. The molecular formula is C12H20N4. The largest absolute Gasteiger partial charge is 0.384 e. The quantitative estimate of drug-likeness (QED) is 0.801. The molecule has 4 heteroatoms. The van der Waals surface area contributed by atoms with E-state index in [1.165, 1.54) is 0 Å². The van der Waals surface area contributed by atoms with Crippen molar-refractivity contribution in [1.29, 1.82) is 0 Å². The van der Waals surface area contributed by atoms with E-state index in [-0.39, 0.29) is 0 Å². The van der Waals surface area contributed by atoms with Crippen molar-refractivity contribution in [2.75, 3.05) is 32.4 Å². The molecule has 1 unspecified atom stereocenters. The Hall–Kier alpha value is -1.13. The first-order valence-electron chi connectivity index (χ1n) is 5.79. The van der Waals surface area contributed by atoms with Crippen molar-refractivity contribution in [2.24, 2.45) is 0 Å². The number of rotatable bonds is 2. The van der Waals surface area contributed by atoms with Gasteiger partial charge in [0.25, 0.3) is 0 Å². The number of piperazine rings is 1. The molecule has 1 fully saturated rings. The number of nitrogen functional groups attached to an aromatic ring is 1. The number of nitrogens with two attached hydrogens (primary N) is 1. The normalized spacial score (nSPS) is 23.5. The minimum atomic E-state index is 0.585. The van der Waals surface area contributed by atoms with Gasteiger partial charge in [-0.1, -0.05) is 6.07 Å². The van der Waals surface area contributed by atoms with Gasteiger partial charge in [0.1, 0.15) is 5.82 Å². The molecule has 0 radical (unpaired) electrons. The third-order valence-electron chi connectivity index (χ3n) is 3.16. The summed E-state index contributed by atoms with van der Waals surface area (Å²) in [7, 11) is 2.17. The Bertz CT molecular complexity index is 353. The van der Waals surface area contributed by atoms with Crippen LogP contribution < -0.4 is 5.73 Å². The molecule has 1 aliphatic rings. The fourth-order valence-corrected chi connectivity index (χ4v) is 2.21. The highest BCUT2D eigenvalue weighted by Crippen LogP contribution is 2.12. The zero-order chi connectivity index (χ0) is 11.5. The fraction of sp³-hybridized carbons (Fsp3) is 0.583. The third kappa shape index (κ3) is 2.71. The van der Waals surface area contributed by atoms with Gasteiger partial charge < -0.3 is 10.6 Å². The van der Waals surface area contributed by atoms with Gasteiger partial charge in [-0.2, -0.15) is 0 Å². The van der Waals surface area contributed by atoms with Gasteiger partial charge in [-0.25, -0.2) is 4.98 Å². The molecule has 1 aromatic rings. The van der Waals surface area contributed by atoms with Gasteiger partial charge in [-0.3, -0.25) is 4.90 Å². The maximum Gasteiger partial charge on any atom is 0.123 e. The van der Waals surface area contributed by atoms with Gasteiger partial charge in [-0.05, 0) is 26.1 Å². The summed E-state index contributed by atoms with van der Waals surface area (Å²) in [5.74, 6) is 0.610. The molecule has 2 N–H and O–H groups in total. The number of aromatic nitrogens is 1. The Morgan fingerprint density at radius 1 is 1.44 bits per heavy atom. The lowest BCUT2D eigenvalue weighted by Gasteiger charge is -2.37. The summed E-state index contributed by atoms with van der Waals surface area (Å²) in [4.78, 5) is 9.17. The van der Waals surface area contributed by atoms with E-state index in [0.29, 0.717) is 11.9 Å². The van der Waals surface area contributed by atoms with Crippen LogP contribution in [0.5, 0.6) is 0 Å². The lowest BCUT2D eigenvalue weighted by molar-refractivity contribution is 0.0927. The smallest absolute Gasteiger partial charge is 0.123 e. The fourth-order valence-electron chi connectivity index (χ4n) is 2.21. The summed E-state index contributed by atoms with van der Waals surface area (Å²) < 4.78 is 0. The maximum atomic E-state index is 5.68. The van der Waals surface area contributed by atoms with Crippen LogP contribution in [-0.4, -0.2) is 47.5 Å². The third-order valence-corrected chi connectivity index (χ3v) is 3.16. The van der Waals surface area contributed by atoms with Crippen LogP contribution in [-0.2, 0) is 6.54 Å². The number of anilines is 1. The predicted molar refractivity (Wildman–Crippen MR) is 66.0 cm³/mol. The van der Waals surface area contributed by atoms with E-state index in [1.807, 2.05) is 18.2 Å². The Kier molecular flexibility index (Phi) is 3.41. The van der Waals surface area contributed by atoms with Crippen LogP contribution in [0.25, 0.3) is 0 Å². The van der Waals surface area contributed by atoms with Crippen LogP contribution in [0.4, 0.5) is 5.82 Å². The minimum absolute atomic E-state index is 0.585. The van der Waals surface area contributed by atoms with E-state index in [1.54, 1.807) is 0 Å². The highest BCUT2D eigenvalue weighted by atomic mass is 15.3. The average Bonchev–Trinajstić information content (AvgIpc) is 2.22. The number of nitrogens with zero attached hydrogens (tertiary/aromatic N) is 3. The van der Waals surface area contributed by atoms with Crippen LogP contribution >= 0.6 is 0 Å². The molecule has 1 aromatic heterocycles. The lowest BCUT2D eigenvalue weighted by Crippen LogP contribution is -2.49. The second kappa shape index (κ2) is 4.80. The van der Waals surface area contributed by atoms with Gasteiger partial charge in [0.2, 0.25) is 0 Å². The molecule has 1 atom stereocenters. The molecule has 16 heavy (non-hydrogen) atoms. The molecule has 1 saturated heterocycles. The molecule has 0 spiro atoms. The van der Waals surface area contributed by atoms with Crippen LogP contribution in [0, 0.1) is 0 Å². The topological polar surface area (TPSA) is 45.4 Å². The highest BCUT2D eigenvalue weighted by Gasteiger charge is 2.21. The molecule has 0 amide bonds. The van der Waals surface area contributed by atoms with E-state index in [9.17, 15) is 0 Å². The first-order valence-corrected chi connectivity index (χ1v) is 5.79. The zero-order valence-electron chi connectivity index (χ0n) is 10.1. The van der Waals surface area contributed by atoms with Crippen molar-refractivity contribution >= 4 is 5.82 Å². The van der Waals surface area contributed by atoms with Crippen molar-refractivity contribution in [3.8, 4) is 0 Å². The molecule has 0 saturated carbocycles. The SMILES string of the molecule is CC1CN(C)CCN1Cc1cccc(N)n1. The number of hydrogen-bond acceptors (Lipinski definition) is 4. The molecule has 0 aromatic carbocycles. The summed E-state index contributed by atoms with van der Waals surface area (Å²) in [6, 6.07) is 6.43. The van der Waals surface area contributed by atoms with Gasteiger partial charge in [0, 0.05) is 32.2 Å². The van der Waals surface area contributed by atoms with Crippen molar-refractivity contribution < 1.29 is 0 Å². The first kappa shape index (κ1) is 11.4. The summed E-state index contributed by atoms with van der Waals surface area (Å²) in [6.07, 6.45) is 0. The van der Waals surface area contributed by atoms with E-state index in [0.717, 1.165) is 31.9 Å². The lowest BCUT2D eigenvalue weighted by atomic mass is 10.2. The number of pyridine rings is 1. The van der Waals surface area contributed by atoms with Crippen LogP contribution in [0.3, 0.4) is 0 Å². The molecule has 88 valence electrons. The molecule has 2 heterocycles. The van der Waals surface area contributed by atoms with Gasteiger partial charge in [0.15, 0.2) is 0 Å². The minimum Gasteiger partial charge on any atom is -0.384 e. The number of likely N-dealkylation sites (N-methyl/N-ethyl adjacent to an activating group) is 1. The van der Waals surface area contributed by atoms with E-state index in [2.05, 4.69) is 28.8 Å². The second-order valence-corrected chi connectivity index (χ2v) is 4.64. The molecule has 1 aliphatic heterocycles. The first-order chi connectivity index (χ1) is 7.65. The Labute approximate surface area is 97.1 Å². The van der Waals surface area contributed by atoms with Crippen molar-refractivity contribution in [3.05, 3.63) is 23.9 Å². The number of hydrogen-bond donors (Lipinski definition) is 1. The Balaban J connectivity index is 1.99. The van der Waals surface area contributed by atoms with Gasteiger partial charge in [0.05, 0.1) is 5.69 Å². The summed E-state index contributed by atoms with van der Waals surface area (Å²) in [5.41, 5.74) is 6.75. The van der Waals surface area contributed by atoms with Crippen molar-refractivity contribution in [1.82, 2.24) is 14.8 Å². The van der Waals surface area contributed by atoms with Gasteiger partial charge >= 0.3 is 0 Å². The average molecular weight is 220 g/mol. The molecule has 0 aliphatic carbocycles. The molecule has 0 bridgehead atoms. The van der Waals surface area contributed by atoms with Crippen molar-refractivity contribution in [3.63, 3.8) is 0 Å². The molecule has 2 rings (SSSR count). The second-order valence-electron chi connectivity index (χ2n) is 4.64. The zero-order valence-corrected chi connectivity index (χ0v) is 10.1. The Morgan fingerprint density at radius 3 is 2.94 bits per heavy atom. The summed E-state index contributed by atoms with van der Waals surface area (Å²) >= 11 is 0. The van der Waals surface area contributed by atoms with Crippen LogP contribution in [0.2, 0.25) is 0 Å². The maximum absolute atomic E-state index is 5.68. The monoisotopic (exact) mass is 220 g/mol. The van der Waals surface area contributed by atoms with Gasteiger partial charge in [-0.15, -0.1) is 0 Å². The van der Waals surface area contributed by atoms with Crippen LogP contribution in [0.1, 0.15) is 12.6 Å². The highest BCUT2D eigenvalue weighted by molar-refractivity contribution is 5.28. The molecule has 4 nitrogen and oxygen atoms in total. The summed E-state index contributed by atoms with van der Waals surface area (Å²) in [5, 5.41) is 0. The molecular weight excluding hydrogens is 200 g/mol. The van der Waals surface area contributed by atoms with E-state index in [4.69, 9.17) is 5.73 Å². The standard InChI is InChI=1S/C12H20N4/c1-10-8-15(2)6-7-16(10)9-11-4-3-5-12(13)14-11/h3-5,10H,6-9H2,1-2H3,(H2,13,14).